The molecule has 0 saturated heterocycles. The number of aryl methyl sites for hydroxylation is 3. The molecule has 0 aliphatic carbocycles. The van der Waals surface area contributed by atoms with Gasteiger partial charge in [-0.3, -0.25) is 4.40 Å². The Kier molecular flexibility index (Phi) is 4.22. The second kappa shape index (κ2) is 6.16. The SMILES string of the molecule is CCCc1c(C(=O)O)sc2nc(-c3ccc(C)cc3)c(CC)n12. The summed E-state index contributed by atoms with van der Waals surface area (Å²) >= 11 is 1.27. The number of hydrogen-bond donors (Lipinski definition) is 1. The zero-order chi connectivity index (χ0) is 16.6. The standard InChI is InChI=1S/C18H20N2O2S/c1-4-6-14-16(17(21)22)23-18-19-15(13(5-2)20(14)18)12-9-7-11(3)8-10-12/h7-10H,4-6H2,1-3H3,(H,21,22). The van der Waals surface area contributed by atoms with Gasteiger partial charge in [0.05, 0.1) is 11.4 Å². The number of benzene rings is 1. The maximum Gasteiger partial charge on any atom is 0.347 e. The summed E-state index contributed by atoms with van der Waals surface area (Å²) in [6, 6.07) is 8.33. The second-order valence-electron chi connectivity index (χ2n) is 5.68. The average Bonchev–Trinajstić information content (AvgIpc) is 3.05. The van der Waals surface area contributed by atoms with E-state index in [1.807, 2.05) is 0 Å². The van der Waals surface area contributed by atoms with E-state index >= 15 is 0 Å². The molecule has 0 bridgehead atoms. The molecule has 3 aromatic rings. The topological polar surface area (TPSA) is 54.6 Å². The van der Waals surface area contributed by atoms with Crippen molar-refractivity contribution in [3.05, 3.63) is 46.1 Å². The summed E-state index contributed by atoms with van der Waals surface area (Å²) in [6.45, 7) is 6.22. The highest BCUT2D eigenvalue weighted by Crippen LogP contribution is 2.32. The summed E-state index contributed by atoms with van der Waals surface area (Å²) in [5.41, 5.74) is 5.24. The third-order valence-corrected chi connectivity index (χ3v) is 5.08. The van der Waals surface area contributed by atoms with Crippen molar-refractivity contribution >= 4 is 22.3 Å². The first-order valence-corrected chi connectivity index (χ1v) is 8.71. The largest absolute Gasteiger partial charge is 0.477 e. The van der Waals surface area contributed by atoms with Crippen molar-refractivity contribution in [1.29, 1.82) is 0 Å². The van der Waals surface area contributed by atoms with Crippen LogP contribution < -0.4 is 0 Å². The van der Waals surface area contributed by atoms with Crippen molar-refractivity contribution in [3.63, 3.8) is 0 Å². The Morgan fingerprint density at radius 2 is 1.91 bits per heavy atom. The van der Waals surface area contributed by atoms with Gasteiger partial charge in [0.2, 0.25) is 0 Å². The highest BCUT2D eigenvalue weighted by Gasteiger charge is 2.23. The minimum absolute atomic E-state index is 0.416. The number of aromatic carboxylic acids is 1. The fourth-order valence-electron chi connectivity index (χ4n) is 2.93. The maximum atomic E-state index is 11.5. The molecule has 0 aliphatic rings. The predicted octanol–water partition coefficient (Wildman–Crippen LogP) is 4.58. The van der Waals surface area contributed by atoms with Gasteiger partial charge in [-0.1, -0.05) is 61.4 Å². The fraction of sp³-hybridized carbons (Fsp3) is 0.333. The van der Waals surface area contributed by atoms with Crippen molar-refractivity contribution in [2.24, 2.45) is 0 Å². The van der Waals surface area contributed by atoms with Gasteiger partial charge in [0, 0.05) is 11.3 Å². The maximum absolute atomic E-state index is 11.5. The van der Waals surface area contributed by atoms with Crippen LogP contribution in [0.1, 0.15) is 46.9 Å². The minimum atomic E-state index is -0.858. The first-order valence-electron chi connectivity index (χ1n) is 7.90. The zero-order valence-corrected chi connectivity index (χ0v) is 14.4. The predicted molar refractivity (Wildman–Crippen MR) is 93.6 cm³/mol. The van der Waals surface area contributed by atoms with E-state index in [1.165, 1.54) is 16.9 Å². The van der Waals surface area contributed by atoms with Crippen LogP contribution in [0, 0.1) is 6.92 Å². The number of thiazole rings is 1. The highest BCUT2D eigenvalue weighted by molar-refractivity contribution is 7.19. The summed E-state index contributed by atoms with van der Waals surface area (Å²) < 4.78 is 2.06. The number of aromatic nitrogens is 2. The van der Waals surface area contributed by atoms with Gasteiger partial charge in [0.1, 0.15) is 4.88 Å². The molecular formula is C18H20N2O2S. The quantitative estimate of drug-likeness (QED) is 0.745. The molecule has 0 aliphatic heterocycles. The Morgan fingerprint density at radius 1 is 1.22 bits per heavy atom. The van der Waals surface area contributed by atoms with Gasteiger partial charge >= 0.3 is 5.97 Å². The molecule has 5 heteroatoms. The summed E-state index contributed by atoms with van der Waals surface area (Å²) in [5.74, 6) is -0.858. The van der Waals surface area contributed by atoms with E-state index in [9.17, 15) is 9.90 Å². The monoisotopic (exact) mass is 328 g/mol. The van der Waals surface area contributed by atoms with Gasteiger partial charge in [-0.15, -0.1) is 0 Å². The van der Waals surface area contributed by atoms with Crippen LogP contribution in [0.25, 0.3) is 16.2 Å². The Bertz CT molecular complexity index is 859. The molecule has 4 nitrogen and oxygen atoms in total. The molecule has 1 N–H and O–H groups in total. The van der Waals surface area contributed by atoms with E-state index < -0.39 is 5.97 Å². The summed E-state index contributed by atoms with van der Waals surface area (Å²) in [6.07, 6.45) is 2.47. The van der Waals surface area contributed by atoms with Gasteiger partial charge in [0.25, 0.3) is 0 Å². The summed E-state index contributed by atoms with van der Waals surface area (Å²) in [5, 5.41) is 9.46. The van der Waals surface area contributed by atoms with Crippen LogP contribution in [0.2, 0.25) is 0 Å². The van der Waals surface area contributed by atoms with Gasteiger partial charge in [-0.05, 0) is 19.8 Å². The molecule has 0 spiro atoms. The number of fused-ring (bicyclic) bond motifs is 1. The number of nitrogens with zero attached hydrogens (tertiary/aromatic N) is 2. The van der Waals surface area contributed by atoms with E-state index in [1.54, 1.807) is 0 Å². The molecule has 23 heavy (non-hydrogen) atoms. The van der Waals surface area contributed by atoms with E-state index in [4.69, 9.17) is 4.98 Å². The lowest BCUT2D eigenvalue weighted by molar-refractivity contribution is 0.0700. The molecule has 2 aromatic heterocycles. The van der Waals surface area contributed by atoms with Gasteiger partial charge in [-0.2, -0.15) is 0 Å². The molecule has 1 aromatic carbocycles. The van der Waals surface area contributed by atoms with Crippen LogP contribution >= 0.6 is 11.3 Å². The minimum Gasteiger partial charge on any atom is -0.477 e. The number of imidazole rings is 1. The van der Waals surface area contributed by atoms with Crippen LogP contribution in [0.4, 0.5) is 0 Å². The molecule has 0 unspecified atom stereocenters. The van der Waals surface area contributed by atoms with E-state index in [-0.39, 0.29) is 0 Å². The van der Waals surface area contributed by atoms with E-state index in [0.29, 0.717) is 4.88 Å². The molecule has 0 radical (unpaired) electrons. The third-order valence-electron chi connectivity index (χ3n) is 4.01. The highest BCUT2D eigenvalue weighted by atomic mass is 32.1. The van der Waals surface area contributed by atoms with Crippen molar-refractivity contribution in [2.45, 2.75) is 40.0 Å². The van der Waals surface area contributed by atoms with Crippen molar-refractivity contribution in [3.8, 4) is 11.3 Å². The number of carboxylic acids is 1. The number of rotatable bonds is 5. The molecule has 0 atom stereocenters. The lowest BCUT2D eigenvalue weighted by atomic mass is 10.1. The average molecular weight is 328 g/mol. The van der Waals surface area contributed by atoms with Crippen LogP contribution in [0.5, 0.6) is 0 Å². The fourth-order valence-corrected chi connectivity index (χ4v) is 3.96. The van der Waals surface area contributed by atoms with Crippen LogP contribution in [0.15, 0.2) is 24.3 Å². The number of hydrogen-bond acceptors (Lipinski definition) is 3. The van der Waals surface area contributed by atoms with Crippen molar-refractivity contribution in [1.82, 2.24) is 9.38 Å². The molecule has 3 rings (SSSR count). The second-order valence-corrected chi connectivity index (χ2v) is 6.66. The molecule has 2 heterocycles. The Morgan fingerprint density at radius 3 is 2.48 bits per heavy atom. The van der Waals surface area contributed by atoms with Crippen LogP contribution in [-0.2, 0) is 12.8 Å². The first-order chi connectivity index (χ1) is 11.1. The molecular weight excluding hydrogens is 308 g/mol. The van der Waals surface area contributed by atoms with Gasteiger partial charge in [0.15, 0.2) is 4.96 Å². The molecule has 120 valence electrons. The Hall–Kier alpha value is -2.14. The van der Waals surface area contributed by atoms with Crippen molar-refractivity contribution in [2.75, 3.05) is 0 Å². The van der Waals surface area contributed by atoms with Crippen molar-refractivity contribution < 1.29 is 9.90 Å². The Balaban J connectivity index is 2.26. The van der Waals surface area contributed by atoms with Crippen LogP contribution in [0.3, 0.4) is 0 Å². The van der Waals surface area contributed by atoms with Gasteiger partial charge < -0.3 is 5.11 Å². The first kappa shape index (κ1) is 15.7. The lowest BCUT2D eigenvalue weighted by Gasteiger charge is -2.06. The Labute approximate surface area is 139 Å². The summed E-state index contributed by atoms with van der Waals surface area (Å²) in [4.78, 5) is 17.5. The normalized spacial score (nSPS) is 11.3. The number of carbonyl (C=O) groups is 1. The molecule has 0 saturated carbocycles. The molecule has 0 fully saturated rings. The van der Waals surface area contributed by atoms with E-state index in [2.05, 4.69) is 49.4 Å². The van der Waals surface area contributed by atoms with Crippen LogP contribution in [-0.4, -0.2) is 20.5 Å². The zero-order valence-electron chi connectivity index (χ0n) is 13.6. The number of carboxylic acid groups (broad SMARTS) is 1. The summed E-state index contributed by atoms with van der Waals surface area (Å²) in [7, 11) is 0. The molecule has 0 amide bonds. The lowest BCUT2D eigenvalue weighted by Crippen LogP contribution is -2.04. The van der Waals surface area contributed by atoms with Gasteiger partial charge in [-0.25, -0.2) is 9.78 Å². The third kappa shape index (κ3) is 2.65. The van der Waals surface area contributed by atoms with E-state index in [0.717, 1.165) is 46.9 Å². The smallest absolute Gasteiger partial charge is 0.347 e.